The van der Waals surface area contributed by atoms with Gasteiger partial charge in [-0.05, 0) is 24.0 Å². The summed E-state index contributed by atoms with van der Waals surface area (Å²) in [5, 5.41) is 0. The van der Waals surface area contributed by atoms with Crippen LogP contribution in [0.25, 0.3) is 11.0 Å². The molecule has 3 rings (SSSR count). The number of anilines is 2. The molecule has 0 spiro atoms. The van der Waals surface area contributed by atoms with Crippen LogP contribution in [0.2, 0.25) is 0 Å². The molecule has 1 saturated heterocycles. The fraction of sp³-hybridized carbons (Fsp3) is 0.429. The summed E-state index contributed by atoms with van der Waals surface area (Å²) in [7, 11) is 0. The molecule has 0 saturated carbocycles. The van der Waals surface area contributed by atoms with E-state index in [-0.39, 0.29) is 0 Å². The van der Waals surface area contributed by atoms with E-state index in [1.54, 1.807) is 0 Å². The Morgan fingerprint density at radius 1 is 1.17 bits per heavy atom. The molecule has 2 aromatic rings. The molecule has 2 heterocycles. The monoisotopic (exact) mass is 242 g/mol. The van der Waals surface area contributed by atoms with E-state index < -0.39 is 0 Å². The largest absolute Gasteiger partial charge is 0.381 e. The highest BCUT2D eigenvalue weighted by Gasteiger charge is 2.31. The molecule has 0 aliphatic carbocycles. The second kappa shape index (κ2) is 3.83. The lowest BCUT2D eigenvalue weighted by molar-refractivity contribution is 0.418. The summed E-state index contributed by atoms with van der Waals surface area (Å²) in [5.74, 6) is 1.37. The Labute approximate surface area is 107 Å². The van der Waals surface area contributed by atoms with Crippen molar-refractivity contribution in [2.75, 3.05) is 23.7 Å². The van der Waals surface area contributed by atoms with Crippen molar-refractivity contribution >= 4 is 22.7 Å². The molecule has 1 aromatic heterocycles. The lowest BCUT2D eigenvalue weighted by Gasteiger charge is -2.21. The van der Waals surface area contributed by atoms with Crippen LogP contribution < -0.4 is 10.6 Å². The number of hydrogen-bond acceptors (Lipinski definition) is 4. The lowest BCUT2D eigenvalue weighted by Crippen LogP contribution is -2.25. The first-order chi connectivity index (χ1) is 8.55. The Bertz CT molecular complexity index is 591. The number of hydrogen-bond donors (Lipinski definition) is 1. The van der Waals surface area contributed by atoms with E-state index in [0.717, 1.165) is 29.9 Å². The summed E-state index contributed by atoms with van der Waals surface area (Å²) in [6, 6.07) is 7.85. The number of para-hydroxylation sites is 2. The lowest BCUT2D eigenvalue weighted by atomic mass is 9.93. The van der Waals surface area contributed by atoms with Gasteiger partial charge in [-0.15, -0.1) is 0 Å². The van der Waals surface area contributed by atoms with Crippen molar-refractivity contribution in [2.24, 2.45) is 5.41 Å². The topological polar surface area (TPSA) is 55.0 Å². The first-order valence-electron chi connectivity index (χ1n) is 6.32. The Morgan fingerprint density at radius 2 is 1.83 bits per heavy atom. The molecule has 4 heteroatoms. The summed E-state index contributed by atoms with van der Waals surface area (Å²) < 4.78 is 0. The number of rotatable bonds is 1. The SMILES string of the molecule is CC1(C)CCN(c2nc3ccccc3nc2N)C1. The van der Waals surface area contributed by atoms with Crippen molar-refractivity contribution in [2.45, 2.75) is 20.3 Å². The zero-order valence-corrected chi connectivity index (χ0v) is 10.8. The van der Waals surface area contributed by atoms with Crippen LogP contribution in [-0.4, -0.2) is 23.1 Å². The van der Waals surface area contributed by atoms with Crippen LogP contribution in [0, 0.1) is 5.41 Å². The van der Waals surface area contributed by atoms with Crippen molar-refractivity contribution in [1.82, 2.24) is 9.97 Å². The highest BCUT2D eigenvalue weighted by molar-refractivity contribution is 5.79. The molecule has 0 bridgehead atoms. The number of nitrogens with zero attached hydrogens (tertiary/aromatic N) is 3. The third kappa shape index (κ3) is 1.88. The molecule has 2 N–H and O–H groups in total. The van der Waals surface area contributed by atoms with E-state index >= 15 is 0 Å². The number of nitrogens with two attached hydrogens (primary N) is 1. The maximum Gasteiger partial charge on any atom is 0.172 e. The van der Waals surface area contributed by atoms with Gasteiger partial charge in [0.05, 0.1) is 11.0 Å². The maximum atomic E-state index is 6.04. The molecule has 1 aliphatic heterocycles. The van der Waals surface area contributed by atoms with Gasteiger partial charge in [0.2, 0.25) is 0 Å². The van der Waals surface area contributed by atoms with E-state index in [4.69, 9.17) is 5.73 Å². The van der Waals surface area contributed by atoms with Crippen LogP contribution in [0.4, 0.5) is 11.6 Å². The van der Waals surface area contributed by atoms with Gasteiger partial charge in [0.15, 0.2) is 11.6 Å². The molecule has 4 nitrogen and oxygen atoms in total. The second-order valence-electron chi connectivity index (χ2n) is 5.76. The average Bonchev–Trinajstić information content (AvgIpc) is 2.68. The van der Waals surface area contributed by atoms with E-state index in [1.165, 1.54) is 6.42 Å². The molecule has 0 amide bonds. The fourth-order valence-corrected chi connectivity index (χ4v) is 2.53. The van der Waals surface area contributed by atoms with Gasteiger partial charge in [-0.1, -0.05) is 26.0 Å². The normalized spacial score (nSPS) is 18.4. The minimum absolute atomic E-state index is 0.333. The number of benzene rings is 1. The molecule has 0 unspecified atom stereocenters. The van der Waals surface area contributed by atoms with Crippen molar-refractivity contribution in [3.05, 3.63) is 24.3 Å². The van der Waals surface area contributed by atoms with Gasteiger partial charge in [0.1, 0.15) is 0 Å². The molecule has 94 valence electrons. The summed E-state index contributed by atoms with van der Waals surface area (Å²) >= 11 is 0. The molecule has 1 aliphatic rings. The molecule has 0 radical (unpaired) electrons. The van der Waals surface area contributed by atoms with E-state index in [0.29, 0.717) is 11.2 Å². The zero-order valence-electron chi connectivity index (χ0n) is 10.8. The van der Waals surface area contributed by atoms with Crippen molar-refractivity contribution < 1.29 is 0 Å². The van der Waals surface area contributed by atoms with Gasteiger partial charge >= 0.3 is 0 Å². The standard InChI is InChI=1S/C14H18N4/c1-14(2)7-8-18(9-14)13-12(15)16-10-5-3-4-6-11(10)17-13/h3-6H,7-9H2,1-2H3,(H2,15,16). The molecular weight excluding hydrogens is 224 g/mol. The Morgan fingerprint density at radius 3 is 2.44 bits per heavy atom. The molecule has 0 atom stereocenters. The van der Waals surface area contributed by atoms with Crippen molar-refractivity contribution in [1.29, 1.82) is 0 Å². The maximum absolute atomic E-state index is 6.04. The Kier molecular flexibility index (Phi) is 2.40. The van der Waals surface area contributed by atoms with Gasteiger partial charge in [0, 0.05) is 13.1 Å². The molecular formula is C14H18N4. The van der Waals surface area contributed by atoms with Crippen LogP contribution in [0.1, 0.15) is 20.3 Å². The first kappa shape index (κ1) is 11.3. The highest BCUT2D eigenvalue weighted by atomic mass is 15.2. The predicted octanol–water partition coefficient (Wildman–Crippen LogP) is 2.45. The van der Waals surface area contributed by atoms with Gasteiger partial charge in [-0.2, -0.15) is 0 Å². The van der Waals surface area contributed by atoms with Gasteiger partial charge in [-0.3, -0.25) is 0 Å². The van der Waals surface area contributed by atoms with E-state index in [9.17, 15) is 0 Å². The van der Waals surface area contributed by atoms with E-state index in [1.807, 2.05) is 24.3 Å². The van der Waals surface area contributed by atoms with Crippen LogP contribution in [0.5, 0.6) is 0 Å². The van der Waals surface area contributed by atoms with Crippen LogP contribution in [0.15, 0.2) is 24.3 Å². The quantitative estimate of drug-likeness (QED) is 0.834. The predicted molar refractivity (Wildman–Crippen MR) is 74.6 cm³/mol. The fourth-order valence-electron chi connectivity index (χ4n) is 2.53. The summed E-state index contributed by atoms with van der Waals surface area (Å²) in [5.41, 5.74) is 8.14. The van der Waals surface area contributed by atoms with Gasteiger partial charge in [0.25, 0.3) is 0 Å². The highest BCUT2D eigenvalue weighted by Crippen LogP contribution is 2.34. The second-order valence-corrected chi connectivity index (χ2v) is 5.76. The summed E-state index contributed by atoms with van der Waals surface area (Å²) in [4.78, 5) is 11.3. The first-order valence-corrected chi connectivity index (χ1v) is 6.32. The number of nitrogen functional groups attached to an aromatic ring is 1. The number of aromatic nitrogens is 2. The minimum atomic E-state index is 0.333. The molecule has 18 heavy (non-hydrogen) atoms. The zero-order chi connectivity index (χ0) is 12.8. The Hall–Kier alpha value is -1.84. The van der Waals surface area contributed by atoms with Crippen LogP contribution >= 0.6 is 0 Å². The van der Waals surface area contributed by atoms with Gasteiger partial charge < -0.3 is 10.6 Å². The summed E-state index contributed by atoms with van der Waals surface area (Å²) in [6.45, 7) is 6.55. The third-order valence-corrected chi connectivity index (χ3v) is 3.56. The van der Waals surface area contributed by atoms with Crippen molar-refractivity contribution in [3.63, 3.8) is 0 Å². The summed E-state index contributed by atoms with van der Waals surface area (Å²) in [6.07, 6.45) is 1.17. The number of fused-ring (bicyclic) bond motifs is 1. The van der Waals surface area contributed by atoms with Crippen LogP contribution in [-0.2, 0) is 0 Å². The Balaban J connectivity index is 2.04. The van der Waals surface area contributed by atoms with E-state index in [2.05, 4.69) is 28.7 Å². The van der Waals surface area contributed by atoms with Gasteiger partial charge in [-0.25, -0.2) is 9.97 Å². The van der Waals surface area contributed by atoms with Crippen molar-refractivity contribution in [3.8, 4) is 0 Å². The molecule has 1 aromatic carbocycles. The third-order valence-electron chi connectivity index (χ3n) is 3.56. The smallest absolute Gasteiger partial charge is 0.172 e. The minimum Gasteiger partial charge on any atom is -0.381 e. The molecule has 1 fully saturated rings. The average molecular weight is 242 g/mol. The van der Waals surface area contributed by atoms with Crippen LogP contribution in [0.3, 0.4) is 0 Å².